The molecule has 0 aromatic carbocycles. The molecule has 0 bridgehead atoms. The maximum absolute atomic E-state index is 12.8. The quantitative estimate of drug-likeness (QED) is 0.287. The Morgan fingerprint density at radius 1 is 0.632 bits per heavy atom. The molecule has 2 atom stereocenters. The van der Waals surface area contributed by atoms with E-state index in [1.54, 1.807) is 0 Å². The lowest BCUT2D eigenvalue weighted by atomic mass is 9.85. The van der Waals surface area contributed by atoms with E-state index in [9.17, 15) is 4.79 Å². The van der Waals surface area contributed by atoms with Crippen LogP contribution in [0.1, 0.15) is 89.9 Å². The smallest absolute Gasteiger partial charge is 0.315 e. The van der Waals surface area contributed by atoms with Gasteiger partial charge in [0.25, 0.3) is 0 Å². The van der Waals surface area contributed by atoms with Crippen LogP contribution in [-0.2, 0) is 0 Å². The SMILES string of the molecule is O=C(NC1CCC(C2=NCCCN2)CC1)NC1CCCC(NC(=S)NC2CCC(C3=NCCCN3)CC2)C1. The van der Waals surface area contributed by atoms with Gasteiger partial charge < -0.3 is 31.9 Å². The molecule has 3 aliphatic carbocycles. The number of carbonyl (C=O) groups is 1. The van der Waals surface area contributed by atoms with Crippen LogP contribution in [0.2, 0.25) is 0 Å². The summed E-state index contributed by atoms with van der Waals surface area (Å²) in [6.45, 7) is 4.05. The molecule has 2 unspecified atom stereocenters. The molecule has 5 aliphatic rings. The summed E-state index contributed by atoms with van der Waals surface area (Å²) in [5.41, 5.74) is 0. The lowest BCUT2D eigenvalue weighted by molar-refractivity contribution is 0.220. The van der Waals surface area contributed by atoms with Gasteiger partial charge in [0.2, 0.25) is 0 Å². The van der Waals surface area contributed by atoms with Crippen molar-refractivity contribution in [3.8, 4) is 0 Å². The van der Waals surface area contributed by atoms with Crippen molar-refractivity contribution in [1.82, 2.24) is 31.9 Å². The summed E-state index contributed by atoms with van der Waals surface area (Å²) in [5, 5.41) is 21.4. The molecule has 0 aromatic heterocycles. The molecule has 0 saturated heterocycles. The van der Waals surface area contributed by atoms with Crippen LogP contribution in [0.3, 0.4) is 0 Å². The van der Waals surface area contributed by atoms with Crippen molar-refractivity contribution in [2.24, 2.45) is 21.8 Å². The predicted octanol–water partition coefficient (Wildman–Crippen LogP) is 2.96. The lowest BCUT2D eigenvalue weighted by Gasteiger charge is -2.35. The first-order valence-electron chi connectivity index (χ1n) is 15.3. The number of amides is 2. The molecule has 6 N–H and O–H groups in total. The number of aliphatic imine (C=N–C) groups is 2. The van der Waals surface area contributed by atoms with Crippen molar-refractivity contribution >= 4 is 35.0 Å². The Hall–Kier alpha value is -2.10. The molecule has 3 fully saturated rings. The van der Waals surface area contributed by atoms with Crippen molar-refractivity contribution in [1.29, 1.82) is 0 Å². The van der Waals surface area contributed by atoms with Crippen LogP contribution in [0.25, 0.3) is 0 Å². The average Bonchev–Trinajstić information content (AvgIpc) is 2.95. The molecule has 0 spiro atoms. The van der Waals surface area contributed by atoms with Crippen molar-refractivity contribution < 1.29 is 4.79 Å². The van der Waals surface area contributed by atoms with Crippen LogP contribution < -0.4 is 31.9 Å². The largest absolute Gasteiger partial charge is 0.374 e. The Labute approximate surface area is 233 Å². The van der Waals surface area contributed by atoms with Crippen LogP contribution in [0.15, 0.2) is 9.98 Å². The van der Waals surface area contributed by atoms with E-state index in [0.717, 1.165) is 108 Å². The van der Waals surface area contributed by atoms with Gasteiger partial charge in [-0.05, 0) is 102 Å². The number of carbonyl (C=O) groups excluding carboxylic acids is 1. The molecule has 2 heterocycles. The van der Waals surface area contributed by atoms with Gasteiger partial charge in [-0.3, -0.25) is 9.98 Å². The number of hydrogen-bond acceptors (Lipinski definition) is 6. The first-order chi connectivity index (χ1) is 18.6. The highest BCUT2D eigenvalue weighted by atomic mass is 32.1. The fraction of sp³-hybridized carbons (Fsp3) is 0.857. The van der Waals surface area contributed by atoms with Crippen LogP contribution in [0, 0.1) is 11.8 Å². The second kappa shape index (κ2) is 13.8. The molecule has 0 radical (unpaired) electrons. The first kappa shape index (κ1) is 27.5. The van der Waals surface area contributed by atoms with Crippen molar-refractivity contribution in [3.05, 3.63) is 0 Å². The number of amidine groups is 2. The normalized spacial score (nSPS) is 33.9. The fourth-order valence-electron chi connectivity index (χ4n) is 6.95. The van der Waals surface area contributed by atoms with Gasteiger partial charge in [0.05, 0.1) is 11.7 Å². The molecule has 212 valence electrons. The van der Waals surface area contributed by atoms with E-state index >= 15 is 0 Å². The van der Waals surface area contributed by atoms with E-state index in [1.807, 2.05) is 0 Å². The summed E-state index contributed by atoms with van der Waals surface area (Å²) >= 11 is 5.69. The van der Waals surface area contributed by atoms with E-state index in [1.165, 1.54) is 24.5 Å². The number of thiocarbonyl (C=S) groups is 1. The van der Waals surface area contributed by atoms with Gasteiger partial charge in [0.1, 0.15) is 0 Å². The van der Waals surface area contributed by atoms with Crippen LogP contribution in [0.5, 0.6) is 0 Å². The number of urea groups is 1. The lowest BCUT2D eigenvalue weighted by Crippen LogP contribution is -2.53. The molecule has 38 heavy (non-hydrogen) atoms. The number of nitrogens with zero attached hydrogens (tertiary/aromatic N) is 2. The monoisotopic (exact) mass is 544 g/mol. The Kier molecular flexibility index (Phi) is 9.98. The highest BCUT2D eigenvalue weighted by molar-refractivity contribution is 7.80. The first-order valence-corrected chi connectivity index (χ1v) is 15.7. The van der Waals surface area contributed by atoms with Crippen LogP contribution >= 0.6 is 12.2 Å². The zero-order chi connectivity index (χ0) is 26.2. The minimum atomic E-state index is -0.0123. The highest BCUT2D eigenvalue weighted by Gasteiger charge is 2.29. The van der Waals surface area contributed by atoms with Gasteiger partial charge in [0, 0.05) is 62.2 Å². The Balaban J connectivity index is 0.972. The predicted molar refractivity (Wildman–Crippen MR) is 158 cm³/mol. The number of rotatable bonds is 6. The Bertz CT molecular complexity index is 795. The summed E-state index contributed by atoms with van der Waals surface area (Å²) in [5.74, 6) is 3.56. The molecule has 10 heteroatoms. The van der Waals surface area contributed by atoms with E-state index in [-0.39, 0.29) is 18.1 Å². The third kappa shape index (κ3) is 7.96. The Morgan fingerprint density at radius 3 is 1.63 bits per heavy atom. The summed E-state index contributed by atoms with van der Waals surface area (Å²) in [7, 11) is 0. The molecule has 2 aliphatic heterocycles. The van der Waals surface area contributed by atoms with Crippen molar-refractivity contribution in [2.45, 2.75) is 114 Å². The maximum atomic E-state index is 12.8. The van der Waals surface area contributed by atoms with Gasteiger partial charge in [-0.1, -0.05) is 0 Å². The third-order valence-corrected chi connectivity index (χ3v) is 9.32. The minimum Gasteiger partial charge on any atom is -0.374 e. The second-order valence-electron chi connectivity index (χ2n) is 12.0. The number of hydrogen-bond donors (Lipinski definition) is 6. The molecular weight excluding hydrogens is 496 g/mol. The average molecular weight is 545 g/mol. The van der Waals surface area contributed by atoms with Gasteiger partial charge in [0.15, 0.2) is 5.11 Å². The molecule has 0 aromatic rings. The molecule has 2 amide bonds. The molecule has 5 rings (SSSR count). The van der Waals surface area contributed by atoms with Gasteiger partial charge in [-0.2, -0.15) is 0 Å². The standard InChI is InChI=1S/C28H48N8OS/c37-27(33-21-10-6-19(7-11-21)25-29-14-2-15-30-25)34-23-4-1-5-24(18-23)36-28(38)35-22-12-8-20(9-13-22)26-31-16-3-17-32-26/h19-24H,1-18H2,(H,29,30)(H,31,32)(H2,33,34,37)(H2,35,36,38). The minimum absolute atomic E-state index is 0.0123. The summed E-state index contributed by atoms with van der Waals surface area (Å²) in [6, 6.07) is 1.20. The third-order valence-electron chi connectivity index (χ3n) is 9.09. The van der Waals surface area contributed by atoms with E-state index in [4.69, 9.17) is 17.2 Å². The molecule has 9 nitrogen and oxygen atoms in total. The maximum Gasteiger partial charge on any atom is 0.315 e. The summed E-state index contributed by atoms with van der Waals surface area (Å²) in [6.07, 6.45) is 15.3. The zero-order valence-electron chi connectivity index (χ0n) is 22.9. The zero-order valence-corrected chi connectivity index (χ0v) is 23.7. The second-order valence-corrected chi connectivity index (χ2v) is 12.4. The topological polar surface area (TPSA) is 114 Å². The molecular formula is C28H48N8OS. The van der Waals surface area contributed by atoms with Gasteiger partial charge in [-0.25, -0.2) is 4.79 Å². The highest BCUT2D eigenvalue weighted by Crippen LogP contribution is 2.27. The van der Waals surface area contributed by atoms with Crippen LogP contribution in [-0.4, -0.2) is 73.2 Å². The van der Waals surface area contributed by atoms with E-state index < -0.39 is 0 Å². The fourth-order valence-corrected chi connectivity index (χ4v) is 7.28. The Morgan fingerprint density at radius 2 is 1.11 bits per heavy atom. The summed E-state index contributed by atoms with van der Waals surface area (Å²) in [4.78, 5) is 22.1. The summed E-state index contributed by atoms with van der Waals surface area (Å²) < 4.78 is 0. The van der Waals surface area contributed by atoms with Crippen LogP contribution in [0.4, 0.5) is 4.79 Å². The van der Waals surface area contributed by atoms with Crippen molar-refractivity contribution in [2.75, 3.05) is 26.2 Å². The van der Waals surface area contributed by atoms with Crippen molar-refractivity contribution in [3.63, 3.8) is 0 Å². The van der Waals surface area contributed by atoms with Gasteiger partial charge in [-0.15, -0.1) is 0 Å². The molecule has 3 saturated carbocycles. The van der Waals surface area contributed by atoms with Gasteiger partial charge >= 0.3 is 6.03 Å². The van der Waals surface area contributed by atoms with E-state index in [2.05, 4.69) is 36.9 Å². The van der Waals surface area contributed by atoms with E-state index in [0.29, 0.717) is 23.9 Å². The number of nitrogens with one attached hydrogen (secondary N) is 6.